The second-order valence-corrected chi connectivity index (χ2v) is 9.23. The molecule has 0 aliphatic heterocycles. The van der Waals surface area contributed by atoms with Gasteiger partial charge in [0.1, 0.15) is 23.3 Å². The summed E-state index contributed by atoms with van der Waals surface area (Å²) in [6.07, 6.45) is -0.841. The second-order valence-electron chi connectivity index (χ2n) is 9.23. The van der Waals surface area contributed by atoms with E-state index in [1.165, 1.54) is 14.2 Å². The highest BCUT2D eigenvalue weighted by Crippen LogP contribution is 2.08. The van der Waals surface area contributed by atoms with Crippen molar-refractivity contribution in [2.45, 2.75) is 97.2 Å². The summed E-state index contributed by atoms with van der Waals surface area (Å²) in [7, 11) is 2.48. The van der Waals surface area contributed by atoms with Crippen molar-refractivity contribution >= 4 is 24.1 Å². The van der Waals surface area contributed by atoms with Gasteiger partial charge in [0.2, 0.25) is 0 Å². The molecule has 0 bridgehead atoms. The molecule has 12 heteroatoms. The summed E-state index contributed by atoms with van der Waals surface area (Å²) < 4.78 is 19.1. The standard InChI is InChI=1S/C11H22N2O4.C10H20N2O4/c1-6-7(12)8(9(14)16-5)13-10(15)17-11(2,3)4;1-6(11)7(8(13)15-5)12-9(14)16-10(2,3)4/h7-8H,6,12H2,1-5H3,(H,13,15);6-7H,11H2,1-5H3,(H,12,14). The van der Waals surface area contributed by atoms with E-state index in [2.05, 4.69) is 20.1 Å². The average molecular weight is 479 g/mol. The van der Waals surface area contributed by atoms with E-state index in [0.717, 1.165) is 0 Å². The van der Waals surface area contributed by atoms with Crippen LogP contribution in [0, 0.1) is 0 Å². The van der Waals surface area contributed by atoms with Gasteiger partial charge in [0.15, 0.2) is 0 Å². The van der Waals surface area contributed by atoms with E-state index in [1.807, 2.05) is 6.92 Å². The zero-order valence-corrected chi connectivity index (χ0v) is 21.4. The molecule has 0 heterocycles. The van der Waals surface area contributed by atoms with E-state index in [0.29, 0.717) is 6.42 Å². The predicted molar refractivity (Wildman–Crippen MR) is 122 cm³/mol. The van der Waals surface area contributed by atoms with Gasteiger partial charge in [-0.25, -0.2) is 19.2 Å². The average Bonchev–Trinajstić information content (AvgIpc) is 2.66. The number of hydrogen-bond acceptors (Lipinski definition) is 10. The molecule has 0 aliphatic rings. The molecular weight excluding hydrogens is 436 g/mol. The summed E-state index contributed by atoms with van der Waals surface area (Å²) in [6, 6.07) is -2.85. The molecule has 0 saturated carbocycles. The number of hydrogen-bond donors (Lipinski definition) is 4. The lowest BCUT2D eigenvalue weighted by Gasteiger charge is -2.25. The Kier molecular flexibility index (Phi) is 14.3. The summed E-state index contributed by atoms with van der Waals surface area (Å²) in [5.74, 6) is -1.17. The Morgan fingerprint density at radius 3 is 1.36 bits per heavy atom. The minimum Gasteiger partial charge on any atom is -0.467 e. The highest BCUT2D eigenvalue weighted by atomic mass is 16.6. The Balaban J connectivity index is 0. The first-order valence-corrected chi connectivity index (χ1v) is 10.5. The fourth-order valence-corrected chi connectivity index (χ4v) is 2.10. The minimum absolute atomic E-state index is 0.505. The van der Waals surface area contributed by atoms with Crippen LogP contribution in [-0.2, 0) is 28.5 Å². The number of esters is 2. The third-order valence-corrected chi connectivity index (χ3v) is 3.68. The Hall–Kier alpha value is -2.60. The van der Waals surface area contributed by atoms with Crippen molar-refractivity contribution in [3.63, 3.8) is 0 Å². The number of alkyl carbamates (subject to hydrolysis) is 2. The Bertz CT molecular complexity index is 641. The van der Waals surface area contributed by atoms with Crippen molar-refractivity contribution in [1.29, 1.82) is 0 Å². The van der Waals surface area contributed by atoms with Gasteiger partial charge in [-0.05, 0) is 54.9 Å². The molecule has 4 atom stereocenters. The third-order valence-electron chi connectivity index (χ3n) is 3.68. The lowest BCUT2D eigenvalue weighted by Crippen LogP contribution is -2.53. The lowest BCUT2D eigenvalue weighted by atomic mass is 10.1. The minimum atomic E-state index is -0.903. The van der Waals surface area contributed by atoms with Gasteiger partial charge in [0, 0.05) is 12.1 Å². The van der Waals surface area contributed by atoms with Crippen molar-refractivity contribution in [3.8, 4) is 0 Å². The highest BCUT2D eigenvalue weighted by molar-refractivity contribution is 5.82. The largest absolute Gasteiger partial charge is 0.467 e. The van der Waals surface area contributed by atoms with Crippen molar-refractivity contribution in [2.24, 2.45) is 11.5 Å². The normalized spacial score (nSPS) is 14.8. The maximum atomic E-state index is 11.5. The number of nitrogens with two attached hydrogens (primary N) is 2. The fourth-order valence-electron chi connectivity index (χ4n) is 2.10. The first-order chi connectivity index (χ1) is 14.9. The molecule has 0 saturated heterocycles. The molecule has 0 aliphatic carbocycles. The molecule has 0 aromatic heterocycles. The molecule has 0 spiro atoms. The molecule has 0 radical (unpaired) electrons. The van der Waals surface area contributed by atoms with Crippen LogP contribution in [0.3, 0.4) is 0 Å². The van der Waals surface area contributed by atoms with E-state index in [4.69, 9.17) is 20.9 Å². The first-order valence-electron chi connectivity index (χ1n) is 10.5. The van der Waals surface area contributed by atoms with Crippen molar-refractivity contribution in [2.75, 3.05) is 14.2 Å². The van der Waals surface area contributed by atoms with E-state index in [9.17, 15) is 19.2 Å². The monoisotopic (exact) mass is 478 g/mol. The van der Waals surface area contributed by atoms with E-state index < -0.39 is 59.5 Å². The molecule has 33 heavy (non-hydrogen) atoms. The third kappa shape index (κ3) is 15.8. The molecule has 0 aromatic rings. The molecule has 0 aromatic carbocycles. The Morgan fingerprint density at radius 1 is 0.758 bits per heavy atom. The van der Waals surface area contributed by atoms with E-state index in [-0.39, 0.29) is 0 Å². The molecule has 0 fully saturated rings. The van der Waals surface area contributed by atoms with Crippen LogP contribution in [-0.4, -0.2) is 73.7 Å². The smallest absolute Gasteiger partial charge is 0.408 e. The number of nitrogens with one attached hydrogen (secondary N) is 2. The van der Waals surface area contributed by atoms with Crippen molar-refractivity contribution < 1.29 is 38.1 Å². The highest BCUT2D eigenvalue weighted by Gasteiger charge is 2.29. The number of methoxy groups -OCH3 is 2. The summed E-state index contributed by atoms with van der Waals surface area (Å²) in [4.78, 5) is 45.6. The number of amides is 2. The zero-order valence-electron chi connectivity index (χ0n) is 21.4. The van der Waals surface area contributed by atoms with Crippen LogP contribution >= 0.6 is 0 Å². The molecular formula is C21H42N4O8. The van der Waals surface area contributed by atoms with Crippen molar-refractivity contribution in [1.82, 2.24) is 10.6 Å². The lowest BCUT2D eigenvalue weighted by molar-refractivity contribution is -0.144. The second kappa shape index (κ2) is 14.5. The van der Waals surface area contributed by atoms with Gasteiger partial charge in [0.05, 0.1) is 14.2 Å². The molecule has 4 unspecified atom stereocenters. The summed E-state index contributed by atoms with van der Waals surface area (Å²) in [6.45, 7) is 13.8. The van der Waals surface area contributed by atoms with Gasteiger partial charge in [-0.3, -0.25) is 0 Å². The maximum Gasteiger partial charge on any atom is 0.408 e. The van der Waals surface area contributed by atoms with Gasteiger partial charge in [-0.1, -0.05) is 6.92 Å². The number of ether oxygens (including phenoxy) is 4. The van der Waals surface area contributed by atoms with Crippen LogP contribution in [0.25, 0.3) is 0 Å². The van der Waals surface area contributed by atoms with Gasteiger partial charge >= 0.3 is 24.1 Å². The van der Waals surface area contributed by atoms with E-state index >= 15 is 0 Å². The number of carbonyl (C=O) groups is 4. The van der Waals surface area contributed by atoms with Crippen molar-refractivity contribution in [3.05, 3.63) is 0 Å². The van der Waals surface area contributed by atoms with Gasteiger partial charge < -0.3 is 41.0 Å². The Morgan fingerprint density at radius 2 is 1.09 bits per heavy atom. The molecule has 12 nitrogen and oxygen atoms in total. The number of carbonyl (C=O) groups excluding carboxylic acids is 4. The summed E-state index contributed by atoms with van der Waals surface area (Å²) in [5.41, 5.74) is 10.0. The van der Waals surface area contributed by atoms with Crippen LogP contribution < -0.4 is 22.1 Å². The number of rotatable bonds is 7. The van der Waals surface area contributed by atoms with Crippen LogP contribution in [0.1, 0.15) is 61.8 Å². The van der Waals surface area contributed by atoms with Crippen LogP contribution in [0.15, 0.2) is 0 Å². The Labute approximate surface area is 196 Å². The van der Waals surface area contributed by atoms with Gasteiger partial charge in [-0.2, -0.15) is 0 Å². The molecule has 2 amide bonds. The predicted octanol–water partition coefficient (Wildman–Crippen LogP) is 1.19. The first kappa shape index (κ1) is 32.6. The maximum absolute atomic E-state index is 11.5. The summed E-state index contributed by atoms with van der Waals surface area (Å²) >= 11 is 0. The van der Waals surface area contributed by atoms with Gasteiger partial charge in [-0.15, -0.1) is 0 Å². The topological polar surface area (TPSA) is 181 Å². The zero-order chi connectivity index (χ0) is 26.6. The fraction of sp³-hybridized carbons (Fsp3) is 0.810. The molecule has 194 valence electrons. The van der Waals surface area contributed by atoms with Crippen LogP contribution in [0.2, 0.25) is 0 Å². The van der Waals surface area contributed by atoms with Gasteiger partial charge in [0.25, 0.3) is 0 Å². The SMILES string of the molecule is CCC(N)C(NC(=O)OC(C)(C)C)C(=O)OC.COC(=O)C(NC(=O)OC(C)(C)C)C(C)N. The summed E-state index contributed by atoms with van der Waals surface area (Å²) in [5, 5.41) is 4.78. The molecule has 0 rings (SSSR count). The molecule has 6 N–H and O–H groups in total. The quantitative estimate of drug-likeness (QED) is 0.306. The van der Waals surface area contributed by atoms with Crippen LogP contribution in [0.4, 0.5) is 9.59 Å². The van der Waals surface area contributed by atoms with Crippen LogP contribution in [0.5, 0.6) is 0 Å². The van der Waals surface area contributed by atoms with E-state index in [1.54, 1.807) is 48.5 Å².